The zero-order chi connectivity index (χ0) is 17.8. The third kappa shape index (κ3) is 4.51. The lowest BCUT2D eigenvalue weighted by atomic mass is 10.2. The summed E-state index contributed by atoms with van der Waals surface area (Å²) in [6.45, 7) is 4.93. The second-order valence-electron chi connectivity index (χ2n) is 6.07. The molecule has 0 aromatic heterocycles. The van der Waals surface area contributed by atoms with E-state index in [2.05, 4.69) is 30.0 Å². The largest absolute Gasteiger partial charge is 0.368 e. The first kappa shape index (κ1) is 17.7. The lowest BCUT2D eigenvalue weighted by Crippen LogP contribution is -2.49. The third-order valence-corrected chi connectivity index (χ3v) is 5.28. The van der Waals surface area contributed by atoms with E-state index < -0.39 is 11.6 Å². The molecule has 0 N–H and O–H groups in total. The molecule has 1 saturated heterocycles. The van der Waals surface area contributed by atoms with Crippen molar-refractivity contribution < 1.29 is 13.6 Å². The summed E-state index contributed by atoms with van der Waals surface area (Å²) in [5.74, 6) is -1.09. The van der Waals surface area contributed by atoms with E-state index in [-0.39, 0.29) is 11.7 Å². The van der Waals surface area contributed by atoms with Crippen molar-refractivity contribution in [3.05, 3.63) is 59.7 Å². The maximum absolute atomic E-state index is 13.6. The van der Waals surface area contributed by atoms with Gasteiger partial charge in [-0.2, -0.15) is 0 Å². The van der Waals surface area contributed by atoms with E-state index in [0.717, 1.165) is 30.9 Å². The van der Waals surface area contributed by atoms with Gasteiger partial charge in [0.05, 0.1) is 5.75 Å². The molecule has 0 saturated carbocycles. The number of carbonyl (C=O) groups excluding carboxylic acids is 1. The highest BCUT2D eigenvalue weighted by atomic mass is 32.2. The van der Waals surface area contributed by atoms with Crippen LogP contribution in [0.15, 0.2) is 47.4 Å². The number of thioether (sulfide) groups is 1. The van der Waals surface area contributed by atoms with Crippen LogP contribution in [0.4, 0.5) is 14.5 Å². The predicted molar refractivity (Wildman–Crippen MR) is 97.1 cm³/mol. The van der Waals surface area contributed by atoms with E-state index in [1.54, 1.807) is 4.90 Å². The number of hydrogen-bond donors (Lipinski definition) is 0. The molecule has 0 spiro atoms. The topological polar surface area (TPSA) is 23.6 Å². The number of anilines is 1. The minimum absolute atomic E-state index is 0.0161. The second kappa shape index (κ2) is 7.87. The van der Waals surface area contributed by atoms with Crippen molar-refractivity contribution in [2.75, 3.05) is 36.8 Å². The van der Waals surface area contributed by atoms with Gasteiger partial charge in [-0.05, 0) is 36.8 Å². The van der Waals surface area contributed by atoms with Gasteiger partial charge in [-0.1, -0.05) is 12.1 Å². The van der Waals surface area contributed by atoms with E-state index in [4.69, 9.17) is 0 Å². The summed E-state index contributed by atoms with van der Waals surface area (Å²) in [6.07, 6.45) is 0. The Morgan fingerprint density at radius 2 is 1.84 bits per heavy atom. The van der Waals surface area contributed by atoms with E-state index in [9.17, 15) is 13.6 Å². The minimum Gasteiger partial charge on any atom is -0.368 e. The van der Waals surface area contributed by atoms with Crippen LogP contribution in [-0.4, -0.2) is 42.7 Å². The molecule has 0 bridgehead atoms. The van der Waals surface area contributed by atoms with Crippen LogP contribution in [0.5, 0.6) is 0 Å². The zero-order valence-corrected chi connectivity index (χ0v) is 14.9. The van der Waals surface area contributed by atoms with E-state index in [0.29, 0.717) is 18.0 Å². The Hall–Kier alpha value is -2.08. The molecule has 0 aliphatic carbocycles. The fourth-order valence-corrected chi connectivity index (χ4v) is 3.68. The number of aryl methyl sites for hydroxylation is 1. The Kier molecular flexibility index (Phi) is 5.58. The average Bonchev–Trinajstić information content (AvgIpc) is 2.61. The second-order valence-corrected chi connectivity index (χ2v) is 7.09. The number of rotatable bonds is 4. The molecular formula is C19H20F2N2OS. The average molecular weight is 362 g/mol. The number of carbonyl (C=O) groups is 1. The van der Waals surface area contributed by atoms with Crippen molar-refractivity contribution in [3.63, 3.8) is 0 Å². The first-order chi connectivity index (χ1) is 12.0. The molecule has 1 heterocycles. The Morgan fingerprint density at radius 3 is 2.52 bits per heavy atom. The first-order valence-electron chi connectivity index (χ1n) is 8.20. The van der Waals surface area contributed by atoms with Gasteiger partial charge in [-0.25, -0.2) is 8.78 Å². The molecule has 0 atom stereocenters. The quantitative estimate of drug-likeness (QED) is 0.775. The molecule has 2 aromatic carbocycles. The van der Waals surface area contributed by atoms with Crippen molar-refractivity contribution in [1.29, 1.82) is 0 Å². The first-order valence-corrected chi connectivity index (χ1v) is 9.19. The molecule has 25 heavy (non-hydrogen) atoms. The molecule has 1 aliphatic rings. The molecule has 1 fully saturated rings. The van der Waals surface area contributed by atoms with Gasteiger partial charge in [0.25, 0.3) is 0 Å². The molecule has 1 aliphatic heterocycles. The standard InChI is InChI=1S/C19H20F2N2OS/c1-14-3-2-4-16(11-14)22-7-9-23(10-8-22)19(24)13-25-18-6-5-15(20)12-17(18)21/h2-6,11-12H,7-10,13H2,1H3. The molecular weight excluding hydrogens is 342 g/mol. The summed E-state index contributed by atoms with van der Waals surface area (Å²) in [5.41, 5.74) is 2.39. The molecule has 0 radical (unpaired) electrons. The highest BCUT2D eigenvalue weighted by Crippen LogP contribution is 2.23. The van der Waals surface area contributed by atoms with Gasteiger partial charge in [0.2, 0.25) is 5.91 Å². The van der Waals surface area contributed by atoms with Crippen LogP contribution < -0.4 is 4.90 Å². The normalized spacial score (nSPS) is 14.7. The number of piperazine rings is 1. The maximum Gasteiger partial charge on any atom is 0.233 e. The highest BCUT2D eigenvalue weighted by molar-refractivity contribution is 8.00. The predicted octanol–water partition coefficient (Wildman–Crippen LogP) is 3.71. The molecule has 132 valence electrons. The van der Waals surface area contributed by atoms with Gasteiger partial charge in [-0.3, -0.25) is 4.79 Å². The molecule has 2 aromatic rings. The summed E-state index contributed by atoms with van der Waals surface area (Å²) >= 11 is 1.11. The van der Waals surface area contributed by atoms with Gasteiger partial charge in [-0.15, -0.1) is 11.8 Å². The van der Waals surface area contributed by atoms with Gasteiger partial charge in [0.15, 0.2) is 0 Å². The van der Waals surface area contributed by atoms with Crippen molar-refractivity contribution >= 4 is 23.4 Å². The minimum atomic E-state index is -0.623. The Labute approximate surface area is 150 Å². The van der Waals surface area contributed by atoms with Crippen molar-refractivity contribution in [3.8, 4) is 0 Å². The Bertz CT molecular complexity index is 761. The van der Waals surface area contributed by atoms with Crippen molar-refractivity contribution in [2.24, 2.45) is 0 Å². The summed E-state index contributed by atoms with van der Waals surface area (Å²) < 4.78 is 26.5. The highest BCUT2D eigenvalue weighted by Gasteiger charge is 2.21. The molecule has 1 amide bonds. The molecule has 3 nitrogen and oxygen atoms in total. The number of amides is 1. The zero-order valence-electron chi connectivity index (χ0n) is 14.0. The molecule has 6 heteroatoms. The fraction of sp³-hybridized carbons (Fsp3) is 0.316. The van der Waals surface area contributed by atoms with Crippen LogP contribution in [-0.2, 0) is 4.79 Å². The monoisotopic (exact) mass is 362 g/mol. The van der Waals surface area contributed by atoms with E-state index >= 15 is 0 Å². The number of nitrogens with zero attached hydrogens (tertiary/aromatic N) is 2. The van der Waals surface area contributed by atoms with E-state index in [1.165, 1.54) is 23.4 Å². The van der Waals surface area contributed by atoms with Gasteiger partial charge >= 0.3 is 0 Å². The van der Waals surface area contributed by atoms with Crippen molar-refractivity contribution in [2.45, 2.75) is 11.8 Å². The number of halogens is 2. The summed E-state index contributed by atoms with van der Waals surface area (Å²) in [6, 6.07) is 11.7. The SMILES string of the molecule is Cc1cccc(N2CCN(C(=O)CSc3ccc(F)cc3F)CC2)c1. The number of hydrogen-bond acceptors (Lipinski definition) is 3. The van der Waals surface area contributed by atoms with Gasteiger partial charge in [0, 0.05) is 42.8 Å². The smallest absolute Gasteiger partial charge is 0.233 e. The van der Waals surface area contributed by atoms with Crippen LogP contribution in [0.25, 0.3) is 0 Å². The lowest BCUT2D eigenvalue weighted by molar-refractivity contribution is -0.128. The van der Waals surface area contributed by atoms with Crippen LogP contribution in [0, 0.1) is 18.6 Å². The van der Waals surface area contributed by atoms with Gasteiger partial charge in [0.1, 0.15) is 11.6 Å². The van der Waals surface area contributed by atoms with Crippen LogP contribution >= 0.6 is 11.8 Å². The van der Waals surface area contributed by atoms with Gasteiger partial charge < -0.3 is 9.80 Å². The number of benzene rings is 2. The van der Waals surface area contributed by atoms with Crippen molar-refractivity contribution in [1.82, 2.24) is 4.90 Å². The van der Waals surface area contributed by atoms with E-state index in [1.807, 2.05) is 6.07 Å². The molecule has 0 unspecified atom stereocenters. The lowest BCUT2D eigenvalue weighted by Gasteiger charge is -2.36. The Morgan fingerprint density at radius 1 is 1.08 bits per heavy atom. The van der Waals surface area contributed by atoms with Crippen LogP contribution in [0.3, 0.4) is 0 Å². The molecule has 3 rings (SSSR count). The van der Waals surface area contributed by atoms with Crippen LogP contribution in [0.1, 0.15) is 5.56 Å². The Balaban J connectivity index is 1.51. The third-order valence-electron chi connectivity index (χ3n) is 4.24. The fourth-order valence-electron chi connectivity index (χ4n) is 2.86. The summed E-state index contributed by atoms with van der Waals surface area (Å²) in [5, 5.41) is 0. The maximum atomic E-state index is 13.6. The van der Waals surface area contributed by atoms with Crippen LogP contribution in [0.2, 0.25) is 0 Å². The summed E-state index contributed by atoms with van der Waals surface area (Å²) in [4.78, 5) is 16.7. The summed E-state index contributed by atoms with van der Waals surface area (Å²) in [7, 11) is 0.